The van der Waals surface area contributed by atoms with E-state index in [0.29, 0.717) is 11.4 Å². The Kier molecular flexibility index (Phi) is 2.64. The highest BCUT2D eigenvalue weighted by Crippen LogP contribution is 2.13. The fourth-order valence-corrected chi connectivity index (χ4v) is 1.63. The van der Waals surface area contributed by atoms with Crippen LogP contribution in [0, 0.1) is 6.92 Å². The maximum absolute atomic E-state index is 11.9. The molecule has 16 heavy (non-hydrogen) atoms. The first-order valence-corrected chi connectivity index (χ1v) is 5.24. The fourth-order valence-electron chi connectivity index (χ4n) is 1.63. The van der Waals surface area contributed by atoms with Gasteiger partial charge in [-0.2, -0.15) is 0 Å². The van der Waals surface area contributed by atoms with E-state index in [1.807, 2.05) is 45.2 Å². The average molecular weight is 218 g/mol. The zero-order valence-electron chi connectivity index (χ0n) is 9.60. The minimum Gasteiger partial charge on any atom is -0.458 e. The highest BCUT2D eigenvalue weighted by atomic mass is 16.5. The van der Waals surface area contributed by atoms with Gasteiger partial charge in [-0.3, -0.25) is 4.40 Å². The molecule has 0 saturated carbocycles. The molecule has 0 amide bonds. The summed E-state index contributed by atoms with van der Waals surface area (Å²) >= 11 is 0. The first-order chi connectivity index (χ1) is 7.59. The van der Waals surface area contributed by atoms with Gasteiger partial charge in [-0.25, -0.2) is 9.78 Å². The molecule has 0 N–H and O–H groups in total. The monoisotopic (exact) mass is 218 g/mol. The number of fused-ring (bicyclic) bond motifs is 1. The van der Waals surface area contributed by atoms with Crippen LogP contribution in [0.2, 0.25) is 0 Å². The van der Waals surface area contributed by atoms with Crippen LogP contribution >= 0.6 is 0 Å². The Labute approximate surface area is 93.9 Å². The van der Waals surface area contributed by atoms with Gasteiger partial charge in [0.1, 0.15) is 5.65 Å². The number of imidazole rings is 1. The van der Waals surface area contributed by atoms with Crippen LogP contribution in [0.4, 0.5) is 0 Å². The summed E-state index contributed by atoms with van der Waals surface area (Å²) in [6.07, 6.45) is 1.69. The van der Waals surface area contributed by atoms with Crippen LogP contribution in [0.1, 0.15) is 30.0 Å². The van der Waals surface area contributed by atoms with Gasteiger partial charge in [0, 0.05) is 6.20 Å². The van der Waals surface area contributed by atoms with Gasteiger partial charge in [0.05, 0.1) is 11.8 Å². The standard InChI is InChI=1S/C12H14N2O2/c1-8(2)16-12(15)11-9(3)13-10-6-4-5-7-14(10)11/h4-8H,1-3H3. The molecule has 4 heteroatoms. The van der Waals surface area contributed by atoms with E-state index < -0.39 is 0 Å². The normalized spacial score (nSPS) is 11.0. The Balaban J connectivity index is 2.51. The summed E-state index contributed by atoms with van der Waals surface area (Å²) in [6, 6.07) is 5.61. The second-order valence-electron chi connectivity index (χ2n) is 3.93. The number of nitrogens with zero attached hydrogens (tertiary/aromatic N) is 2. The van der Waals surface area contributed by atoms with Crippen LogP contribution < -0.4 is 0 Å². The molecule has 4 nitrogen and oxygen atoms in total. The number of esters is 1. The third-order valence-electron chi connectivity index (χ3n) is 2.24. The number of hydrogen-bond acceptors (Lipinski definition) is 3. The SMILES string of the molecule is Cc1nc2ccccn2c1C(=O)OC(C)C. The Bertz CT molecular complexity index is 529. The highest BCUT2D eigenvalue weighted by Gasteiger charge is 2.18. The van der Waals surface area contributed by atoms with Gasteiger partial charge in [-0.15, -0.1) is 0 Å². The molecule has 0 aliphatic heterocycles. The average Bonchev–Trinajstić information content (AvgIpc) is 2.52. The lowest BCUT2D eigenvalue weighted by Gasteiger charge is -2.07. The molecule has 0 saturated heterocycles. The lowest BCUT2D eigenvalue weighted by molar-refractivity contribution is 0.0368. The third kappa shape index (κ3) is 1.78. The molecule has 0 fully saturated rings. The van der Waals surface area contributed by atoms with E-state index >= 15 is 0 Å². The second kappa shape index (κ2) is 3.96. The van der Waals surface area contributed by atoms with Gasteiger partial charge in [0.15, 0.2) is 5.69 Å². The van der Waals surface area contributed by atoms with Crippen LogP contribution in [0.5, 0.6) is 0 Å². The number of carbonyl (C=O) groups is 1. The van der Waals surface area contributed by atoms with Crippen molar-refractivity contribution in [3.63, 3.8) is 0 Å². The molecule has 0 unspecified atom stereocenters. The summed E-state index contributed by atoms with van der Waals surface area (Å²) in [7, 11) is 0. The Morgan fingerprint density at radius 1 is 1.44 bits per heavy atom. The summed E-state index contributed by atoms with van der Waals surface area (Å²) in [5.41, 5.74) is 1.96. The van der Waals surface area contributed by atoms with E-state index in [1.54, 1.807) is 4.40 Å². The maximum atomic E-state index is 11.9. The molecule has 0 aliphatic rings. The van der Waals surface area contributed by atoms with Gasteiger partial charge in [-0.05, 0) is 32.9 Å². The number of hydrogen-bond donors (Lipinski definition) is 0. The van der Waals surface area contributed by atoms with Crippen molar-refractivity contribution >= 4 is 11.6 Å². The smallest absolute Gasteiger partial charge is 0.357 e. The third-order valence-corrected chi connectivity index (χ3v) is 2.24. The topological polar surface area (TPSA) is 43.6 Å². The van der Waals surface area contributed by atoms with E-state index in [1.165, 1.54) is 0 Å². The van der Waals surface area contributed by atoms with Crippen molar-refractivity contribution in [3.05, 3.63) is 35.8 Å². The van der Waals surface area contributed by atoms with E-state index in [2.05, 4.69) is 4.98 Å². The molecule has 0 radical (unpaired) electrons. The highest BCUT2D eigenvalue weighted by molar-refractivity contribution is 5.90. The van der Waals surface area contributed by atoms with Crippen molar-refractivity contribution in [2.24, 2.45) is 0 Å². The predicted molar refractivity (Wildman–Crippen MR) is 60.5 cm³/mol. The van der Waals surface area contributed by atoms with Crippen LogP contribution in [-0.2, 0) is 4.74 Å². The lowest BCUT2D eigenvalue weighted by atomic mass is 10.3. The first kappa shape index (κ1) is 10.7. The predicted octanol–water partition coefficient (Wildman–Crippen LogP) is 2.21. The molecular weight excluding hydrogens is 204 g/mol. The molecular formula is C12H14N2O2. The zero-order chi connectivity index (χ0) is 11.7. The van der Waals surface area contributed by atoms with Crippen molar-refractivity contribution in [2.45, 2.75) is 26.9 Å². The molecule has 0 spiro atoms. The van der Waals surface area contributed by atoms with E-state index in [0.717, 1.165) is 5.65 Å². The summed E-state index contributed by atoms with van der Waals surface area (Å²) in [6.45, 7) is 5.47. The van der Waals surface area contributed by atoms with Gasteiger partial charge >= 0.3 is 5.97 Å². The first-order valence-electron chi connectivity index (χ1n) is 5.24. The number of aromatic nitrogens is 2. The molecule has 84 valence electrons. The van der Waals surface area contributed by atoms with E-state index in [-0.39, 0.29) is 12.1 Å². The molecule has 2 heterocycles. The minimum absolute atomic E-state index is 0.124. The van der Waals surface area contributed by atoms with E-state index in [4.69, 9.17) is 4.74 Å². The summed E-state index contributed by atoms with van der Waals surface area (Å²) in [4.78, 5) is 16.2. The largest absolute Gasteiger partial charge is 0.458 e. The van der Waals surface area contributed by atoms with Gasteiger partial charge in [-0.1, -0.05) is 6.07 Å². The molecule has 0 atom stereocenters. The summed E-state index contributed by atoms with van der Waals surface area (Å²) < 4.78 is 6.93. The molecule has 0 aliphatic carbocycles. The number of carbonyl (C=O) groups excluding carboxylic acids is 1. The number of rotatable bonds is 2. The summed E-state index contributed by atoms with van der Waals surface area (Å²) in [5, 5.41) is 0. The number of aryl methyl sites for hydroxylation is 1. The number of ether oxygens (including phenoxy) is 1. The number of pyridine rings is 1. The van der Waals surface area contributed by atoms with Crippen molar-refractivity contribution < 1.29 is 9.53 Å². The van der Waals surface area contributed by atoms with Crippen molar-refractivity contribution in [1.82, 2.24) is 9.38 Å². The van der Waals surface area contributed by atoms with E-state index in [9.17, 15) is 4.79 Å². The molecule has 2 rings (SSSR count). The molecule has 2 aromatic rings. The molecule has 0 aromatic carbocycles. The van der Waals surface area contributed by atoms with Crippen LogP contribution in [0.3, 0.4) is 0 Å². The maximum Gasteiger partial charge on any atom is 0.357 e. The molecule has 2 aromatic heterocycles. The lowest BCUT2D eigenvalue weighted by Crippen LogP contribution is -2.14. The van der Waals surface area contributed by atoms with Crippen molar-refractivity contribution in [2.75, 3.05) is 0 Å². The Morgan fingerprint density at radius 2 is 2.19 bits per heavy atom. The zero-order valence-corrected chi connectivity index (χ0v) is 9.60. The second-order valence-corrected chi connectivity index (χ2v) is 3.93. The quantitative estimate of drug-likeness (QED) is 0.726. The van der Waals surface area contributed by atoms with Crippen molar-refractivity contribution in [1.29, 1.82) is 0 Å². The van der Waals surface area contributed by atoms with Crippen LogP contribution in [-0.4, -0.2) is 21.5 Å². The van der Waals surface area contributed by atoms with Gasteiger partial charge < -0.3 is 4.74 Å². The van der Waals surface area contributed by atoms with Gasteiger partial charge in [0.25, 0.3) is 0 Å². The van der Waals surface area contributed by atoms with Gasteiger partial charge in [0.2, 0.25) is 0 Å². The molecule has 0 bridgehead atoms. The van der Waals surface area contributed by atoms with Crippen LogP contribution in [0.15, 0.2) is 24.4 Å². The van der Waals surface area contributed by atoms with Crippen LogP contribution in [0.25, 0.3) is 5.65 Å². The summed E-state index contributed by atoms with van der Waals surface area (Å²) in [5.74, 6) is -0.328. The minimum atomic E-state index is -0.328. The fraction of sp³-hybridized carbons (Fsp3) is 0.333. The van der Waals surface area contributed by atoms with Crippen molar-refractivity contribution in [3.8, 4) is 0 Å². The Hall–Kier alpha value is -1.84. The Morgan fingerprint density at radius 3 is 2.88 bits per heavy atom.